The van der Waals surface area contributed by atoms with Gasteiger partial charge < -0.3 is 10.1 Å². The number of hydrogen-bond acceptors (Lipinski definition) is 2. The maximum absolute atomic E-state index is 5.65. The first kappa shape index (κ1) is 22.2. The molecule has 1 spiro atoms. The molecule has 154 valence electrons. The molecule has 0 radical (unpaired) electrons. The molecule has 2 rings (SSSR count). The fourth-order valence-corrected chi connectivity index (χ4v) is 5.06. The Hall–Kier alpha value is -0.0800. The molecule has 1 heterocycles. The molecule has 1 aliphatic heterocycles. The van der Waals surface area contributed by atoms with Gasteiger partial charge >= 0.3 is 0 Å². The highest BCUT2D eigenvalue weighted by atomic mass is 16.5. The normalized spacial score (nSPS) is 25.3. The van der Waals surface area contributed by atoms with Crippen molar-refractivity contribution in [2.24, 2.45) is 5.41 Å². The van der Waals surface area contributed by atoms with E-state index in [9.17, 15) is 0 Å². The Morgan fingerprint density at radius 1 is 0.808 bits per heavy atom. The van der Waals surface area contributed by atoms with E-state index >= 15 is 0 Å². The van der Waals surface area contributed by atoms with Crippen LogP contribution in [-0.2, 0) is 4.74 Å². The van der Waals surface area contributed by atoms with Crippen molar-refractivity contribution in [2.45, 2.75) is 135 Å². The van der Waals surface area contributed by atoms with E-state index < -0.39 is 0 Å². The van der Waals surface area contributed by atoms with Crippen LogP contribution in [0.1, 0.15) is 123 Å². The minimum atomic E-state index is 0.572. The van der Waals surface area contributed by atoms with Crippen LogP contribution in [0.4, 0.5) is 0 Å². The van der Waals surface area contributed by atoms with Crippen LogP contribution in [0.25, 0.3) is 0 Å². The fraction of sp³-hybridized carbons (Fsp3) is 1.00. The van der Waals surface area contributed by atoms with Crippen molar-refractivity contribution in [1.82, 2.24) is 5.32 Å². The molecule has 0 bridgehead atoms. The third-order valence-corrected chi connectivity index (χ3v) is 6.83. The van der Waals surface area contributed by atoms with Crippen LogP contribution in [0.3, 0.4) is 0 Å². The Labute approximate surface area is 164 Å². The zero-order valence-electron chi connectivity index (χ0n) is 18.0. The third-order valence-electron chi connectivity index (χ3n) is 6.83. The predicted molar refractivity (Wildman–Crippen MR) is 114 cm³/mol. The Kier molecular flexibility index (Phi) is 11.2. The lowest BCUT2D eigenvalue weighted by Crippen LogP contribution is -2.52. The summed E-state index contributed by atoms with van der Waals surface area (Å²) in [6, 6.07) is 1.55. The van der Waals surface area contributed by atoms with E-state index in [1.54, 1.807) is 0 Å². The quantitative estimate of drug-likeness (QED) is 0.297. The summed E-state index contributed by atoms with van der Waals surface area (Å²) in [5.41, 5.74) is 0.572. The minimum Gasteiger partial charge on any atom is -0.381 e. The number of unbranched alkanes of at least 4 members (excludes halogenated alkanes) is 10. The van der Waals surface area contributed by atoms with Gasteiger partial charge in [-0.15, -0.1) is 0 Å². The molecule has 0 atom stereocenters. The lowest BCUT2D eigenvalue weighted by Gasteiger charge is -2.46. The van der Waals surface area contributed by atoms with Crippen LogP contribution >= 0.6 is 0 Å². The Balaban J connectivity index is 1.60. The molecule has 2 aliphatic rings. The van der Waals surface area contributed by atoms with Crippen molar-refractivity contribution in [3.63, 3.8) is 0 Å². The summed E-state index contributed by atoms with van der Waals surface area (Å²) in [6.45, 7) is 6.65. The second-order valence-electron chi connectivity index (χ2n) is 9.38. The Morgan fingerprint density at radius 2 is 1.35 bits per heavy atom. The highest BCUT2D eigenvalue weighted by molar-refractivity contribution is 5.00. The van der Waals surface area contributed by atoms with E-state index in [1.165, 1.54) is 109 Å². The summed E-state index contributed by atoms with van der Waals surface area (Å²) >= 11 is 0. The molecule has 0 aromatic heterocycles. The van der Waals surface area contributed by atoms with Gasteiger partial charge in [-0.3, -0.25) is 0 Å². The largest absolute Gasteiger partial charge is 0.381 e. The monoisotopic (exact) mass is 365 g/mol. The smallest absolute Gasteiger partial charge is 0.0524 e. The van der Waals surface area contributed by atoms with Gasteiger partial charge in [0.05, 0.1) is 6.61 Å². The van der Waals surface area contributed by atoms with Crippen molar-refractivity contribution in [3.05, 3.63) is 0 Å². The fourth-order valence-electron chi connectivity index (χ4n) is 5.06. The van der Waals surface area contributed by atoms with E-state index in [2.05, 4.69) is 19.2 Å². The van der Waals surface area contributed by atoms with Gasteiger partial charge in [-0.25, -0.2) is 0 Å². The van der Waals surface area contributed by atoms with Crippen molar-refractivity contribution in [1.29, 1.82) is 0 Å². The summed E-state index contributed by atoms with van der Waals surface area (Å²) in [7, 11) is 0. The van der Waals surface area contributed by atoms with Gasteiger partial charge in [0.2, 0.25) is 0 Å². The van der Waals surface area contributed by atoms with Crippen molar-refractivity contribution < 1.29 is 4.74 Å². The van der Waals surface area contributed by atoms with E-state index in [-0.39, 0.29) is 0 Å². The second kappa shape index (κ2) is 13.2. The summed E-state index contributed by atoms with van der Waals surface area (Å²) in [5.74, 6) is 0. The molecule has 0 aromatic rings. The van der Waals surface area contributed by atoms with Crippen LogP contribution in [-0.4, -0.2) is 25.3 Å². The van der Waals surface area contributed by atoms with Gasteiger partial charge in [0.15, 0.2) is 0 Å². The molecule has 0 aromatic carbocycles. The van der Waals surface area contributed by atoms with Gasteiger partial charge in [0, 0.05) is 18.7 Å². The Morgan fingerprint density at radius 3 is 1.85 bits per heavy atom. The van der Waals surface area contributed by atoms with E-state index in [4.69, 9.17) is 4.74 Å². The maximum Gasteiger partial charge on any atom is 0.0524 e. The molecular weight excluding hydrogens is 318 g/mol. The van der Waals surface area contributed by atoms with Crippen LogP contribution in [0.5, 0.6) is 0 Å². The number of nitrogens with one attached hydrogen (secondary N) is 1. The first-order valence-electron chi connectivity index (χ1n) is 12.1. The SMILES string of the molecule is CCCCCCCCC(CCCCCCCC)NC1CC2(CCOC2)C1. The third kappa shape index (κ3) is 8.30. The molecule has 1 aliphatic carbocycles. The highest BCUT2D eigenvalue weighted by Crippen LogP contribution is 2.47. The second-order valence-corrected chi connectivity index (χ2v) is 9.38. The van der Waals surface area contributed by atoms with Crippen molar-refractivity contribution in [2.75, 3.05) is 13.2 Å². The standard InChI is InChI=1S/C24H47NO/c1-3-5-7-9-11-13-15-22(16-14-12-10-8-6-4-2)25-23-19-24(20-23)17-18-26-21-24/h22-23,25H,3-21H2,1-2H3. The summed E-state index contributed by atoms with van der Waals surface area (Å²) in [4.78, 5) is 0. The lowest BCUT2D eigenvalue weighted by atomic mass is 9.65. The molecule has 1 saturated heterocycles. The van der Waals surface area contributed by atoms with E-state index in [0.29, 0.717) is 5.41 Å². The lowest BCUT2D eigenvalue weighted by molar-refractivity contribution is 0.0526. The summed E-state index contributed by atoms with van der Waals surface area (Å²) < 4.78 is 5.65. The highest BCUT2D eigenvalue weighted by Gasteiger charge is 2.46. The molecule has 2 heteroatoms. The van der Waals surface area contributed by atoms with Crippen LogP contribution in [0.15, 0.2) is 0 Å². The average molecular weight is 366 g/mol. The van der Waals surface area contributed by atoms with Gasteiger partial charge in [-0.1, -0.05) is 90.9 Å². The molecular formula is C24H47NO. The minimum absolute atomic E-state index is 0.572. The number of rotatable bonds is 16. The summed E-state index contributed by atoms with van der Waals surface area (Å²) in [6.07, 6.45) is 23.9. The van der Waals surface area contributed by atoms with Crippen LogP contribution in [0.2, 0.25) is 0 Å². The van der Waals surface area contributed by atoms with Crippen LogP contribution < -0.4 is 5.32 Å². The first-order valence-corrected chi connectivity index (χ1v) is 12.1. The maximum atomic E-state index is 5.65. The van der Waals surface area contributed by atoms with E-state index in [0.717, 1.165) is 25.3 Å². The molecule has 1 N–H and O–H groups in total. The topological polar surface area (TPSA) is 21.3 Å². The number of ether oxygens (including phenoxy) is 1. The van der Waals surface area contributed by atoms with Gasteiger partial charge in [-0.2, -0.15) is 0 Å². The molecule has 2 fully saturated rings. The zero-order valence-corrected chi connectivity index (χ0v) is 18.0. The zero-order chi connectivity index (χ0) is 18.5. The van der Waals surface area contributed by atoms with Gasteiger partial charge in [0.1, 0.15) is 0 Å². The average Bonchev–Trinajstić information content (AvgIpc) is 3.10. The Bertz CT molecular complexity index is 313. The van der Waals surface area contributed by atoms with Gasteiger partial charge in [0.25, 0.3) is 0 Å². The van der Waals surface area contributed by atoms with Crippen molar-refractivity contribution >= 4 is 0 Å². The molecule has 26 heavy (non-hydrogen) atoms. The predicted octanol–water partition coefficient (Wildman–Crippen LogP) is 7.01. The van der Waals surface area contributed by atoms with Crippen molar-refractivity contribution in [3.8, 4) is 0 Å². The molecule has 0 amide bonds. The van der Waals surface area contributed by atoms with E-state index in [1.807, 2.05) is 0 Å². The first-order chi connectivity index (χ1) is 12.8. The molecule has 2 nitrogen and oxygen atoms in total. The van der Waals surface area contributed by atoms with Gasteiger partial charge in [-0.05, 0) is 37.5 Å². The molecule has 1 saturated carbocycles. The summed E-state index contributed by atoms with van der Waals surface area (Å²) in [5, 5.41) is 4.05. The molecule has 0 unspecified atom stereocenters. The van der Waals surface area contributed by atoms with Crippen LogP contribution in [0, 0.1) is 5.41 Å². The number of hydrogen-bond donors (Lipinski definition) is 1.